The molecule has 2 amide bonds. The Hall–Kier alpha value is -4.31. The van der Waals surface area contributed by atoms with E-state index in [1.807, 2.05) is 19.2 Å². The highest BCUT2D eigenvalue weighted by molar-refractivity contribution is 6.13. The number of allylic oxidation sites excluding steroid dienone is 4. The van der Waals surface area contributed by atoms with Crippen molar-refractivity contribution >= 4 is 29.6 Å². The number of hydrogen-bond acceptors (Lipinski definition) is 9. The number of cyclic esters (lactones) is 2. The van der Waals surface area contributed by atoms with Gasteiger partial charge in [0.15, 0.2) is 0 Å². The number of unbranched alkanes of at least 4 members (excludes halogenated alkanes) is 1. The predicted molar refractivity (Wildman–Crippen MR) is 174 cm³/mol. The monoisotopic (exact) mass is 638 g/mol. The topological polar surface area (TPSA) is 141 Å². The standard InChI is InChI=1S/C37H42N4O6/c1-4-5-6-26-24-9-8-23-22-13-15-37(33(23)32(24)35(44)46-26)27(10-7-20(2)18-39-3)47-36(45)34(37)31(22)25(21-14-16-40-28(38)17-21)19-41-29(42)11-12-30(41)43/h6,10-12,14,16-17,20,22-23,25,33,39H,4-5,7-9,13,15,18-19H2,1-3H3,(H2,38,40)/b26-6-,27-10-/t20-,22-,23-,25+,33+,37-/m0/s1. The summed E-state index contributed by atoms with van der Waals surface area (Å²) in [6.45, 7) is 5.10. The Morgan fingerprint density at radius 1 is 1.13 bits per heavy atom. The van der Waals surface area contributed by atoms with Crippen LogP contribution in [0.1, 0.15) is 70.3 Å². The lowest BCUT2D eigenvalue weighted by Gasteiger charge is -2.57. The molecule has 3 aliphatic heterocycles. The maximum atomic E-state index is 14.3. The lowest BCUT2D eigenvalue weighted by atomic mass is 9.43. The first-order valence-electron chi connectivity index (χ1n) is 16.9. The Kier molecular flexibility index (Phi) is 8.02. The first-order chi connectivity index (χ1) is 22.7. The van der Waals surface area contributed by atoms with Crippen LogP contribution in [0.25, 0.3) is 0 Å². The van der Waals surface area contributed by atoms with Gasteiger partial charge in [-0.25, -0.2) is 14.6 Å². The van der Waals surface area contributed by atoms with Crippen LogP contribution in [0.3, 0.4) is 0 Å². The highest BCUT2D eigenvalue weighted by Gasteiger charge is 2.69. The van der Waals surface area contributed by atoms with Crippen LogP contribution >= 0.6 is 0 Å². The molecule has 2 bridgehead atoms. The van der Waals surface area contributed by atoms with Gasteiger partial charge in [-0.2, -0.15) is 0 Å². The largest absolute Gasteiger partial charge is 0.427 e. The molecule has 1 spiro atoms. The number of nitrogens with one attached hydrogen (secondary N) is 1. The van der Waals surface area contributed by atoms with Crippen molar-refractivity contribution in [1.29, 1.82) is 0 Å². The fourth-order valence-electron chi connectivity index (χ4n) is 9.28. The molecular formula is C37H42N4O6. The Morgan fingerprint density at radius 2 is 1.91 bits per heavy atom. The number of carbonyl (C=O) groups excluding carboxylic acids is 4. The smallest absolute Gasteiger partial charge is 0.340 e. The minimum Gasteiger partial charge on any atom is -0.427 e. The van der Waals surface area contributed by atoms with E-state index in [0.29, 0.717) is 53.7 Å². The lowest BCUT2D eigenvalue weighted by molar-refractivity contribution is -0.137. The molecule has 4 heterocycles. The Morgan fingerprint density at radius 3 is 2.64 bits per heavy atom. The average Bonchev–Trinajstić information content (AvgIpc) is 3.67. The lowest BCUT2D eigenvalue weighted by Crippen LogP contribution is -2.53. The van der Waals surface area contributed by atoms with Crippen LogP contribution in [0, 0.1) is 29.1 Å². The number of aromatic nitrogens is 1. The van der Waals surface area contributed by atoms with Crippen molar-refractivity contribution in [3.8, 4) is 0 Å². The van der Waals surface area contributed by atoms with E-state index in [1.54, 1.807) is 12.3 Å². The summed E-state index contributed by atoms with van der Waals surface area (Å²) in [7, 11) is 1.92. The molecule has 0 radical (unpaired) electrons. The fourth-order valence-corrected chi connectivity index (χ4v) is 9.28. The summed E-state index contributed by atoms with van der Waals surface area (Å²) in [6, 6.07) is 3.61. The molecule has 8 rings (SSSR count). The van der Waals surface area contributed by atoms with E-state index in [-0.39, 0.29) is 42.1 Å². The molecule has 3 N–H and O–H groups in total. The van der Waals surface area contributed by atoms with E-state index in [0.717, 1.165) is 48.9 Å². The zero-order valence-electron chi connectivity index (χ0n) is 27.2. The van der Waals surface area contributed by atoms with Gasteiger partial charge in [-0.15, -0.1) is 0 Å². The zero-order chi connectivity index (χ0) is 33.0. The molecule has 6 atom stereocenters. The average molecular weight is 639 g/mol. The van der Waals surface area contributed by atoms with Gasteiger partial charge in [0, 0.05) is 47.9 Å². The molecule has 246 valence electrons. The van der Waals surface area contributed by atoms with Crippen LogP contribution in [0.15, 0.2) is 76.4 Å². The predicted octanol–water partition coefficient (Wildman–Crippen LogP) is 4.63. The van der Waals surface area contributed by atoms with E-state index < -0.39 is 17.3 Å². The number of nitrogen functional groups attached to an aromatic ring is 1. The van der Waals surface area contributed by atoms with Crippen molar-refractivity contribution in [2.24, 2.45) is 29.1 Å². The number of ether oxygens (including phenoxy) is 2. The summed E-state index contributed by atoms with van der Waals surface area (Å²) in [5, 5.41) is 3.23. The van der Waals surface area contributed by atoms with E-state index >= 15 is 0 Å². The molecule has 0 aromatic carbocycles. The summed E-state index contributed by atoms with van der Waals surface area (Å²) in [4.78, 5) is 59.4. The highest BCUT2D eigenvalue weighted by atomic mass is 16.5. The quantitative estimate of drug-likeness (QED) is 0.277. The van der Waals surface area contributed by atoms with Gasteiger partial charge in [0.1, 0.15) is 17.3 Å². The second kappa shape index (κ2) is 12.0. The van der Waals surface area contributed by atoms with Crippen LogP contribution in [0.5, 0.6) is 0 Å². The van der Waals surface area contributed by atoms with Gasteiger partial charge < -0.3 is 20.5 Å². The molecule has 0 unspecified atom stereocenters. The summed E-state index contributed by atoms with van der Waals surface area (Å²) >= 11 is 0. The van der Waals surface area contributed by atoms with E-state index in [2.05, 4.69) is 30.2 Å². The van der Waals surface area contributed by atoms with Crippen molar-refractivity contribution in [3.05, 3.63) is 82.0 Å². The number of anilines is 1. The molecule has 4 aliphatic carbocycles. The molecule has 47 heavy (non-hydrogen) atoms. The van der Waals surface area contributed by atoms with Gasteiger partial charge in [0.05, 0.1) is 11.0 Å². The Balaban J connectivity index is 1.45. The molecule has 1 aromatic heterocycles. The van der Waals surface area contributed by atoms with Gasteiger partial charge in [-0.3, -0.25) is 14.5 Å². The maximum absolute atomic E-state index is 14.3. The van der Waals surface area contributed by atoms with Crippen molar-refractivity contribution < 1.29 is 28.7 Å². The van der Waals surface area contributed by atoms with E-state index in [1.165, 1.54) is 17.1 Å². The fraction of sp³-hybridized carbons (Fsp3) is 0.486. The first-order valence-corrected chi connectivity index (χ1v) is 16.9. The Labute approximate surface area is 274 Å². The van der Waals surface area contributed by atoms with Crippen LogP contribution < -0.4 is 11.1 Å². The second-order valence-electron chi connectivity index (χ2n) is 13.8. The summed E-state index contributed by atoms with van der Waals surface area (Å²) in [5.74, 6) is -0.448. The van der Waals surface area contributed by atoms with Crippen molar-refractivity contribution in [3.63, 3.8) is 0 Å². The van der Waals surface area contributed by atoms with Gasteiger partial charge in [-0.05, 0) is 105 Å². The number of nitrogens with two attached hydrogens (primary N) is 1. The first kappa shape index (κ1) is 31.3. The number of nitrogens with zero attached hydrogens (tertiary/aromatic N) is 2. The summed E-state index contributed by atoms with van der Waals surface area (Å²) in [6.07, 6.45) is 13.7. The Bertz CT molecular complexity index is 1700. The van der Waals surface area contributed by atoms with Gasteiger partial charge in [-0.1, -0.05) is 20.3 Å². The van der Waals surface area contributed by atoms with Gasteiger partial charge in [0.2, 0.25) is 0 Å². The van der Waals surface area contributed by atoms with Crippen LogP contribution in [-0.4, -0.2) is 53.8 Å². The molecule has 7 aliphatic rings. The molecule has 10 nitrogen and oxygen atoms in total. The molecular weight excluding hydrogens is 596 g/mol. The molecule has 10 heteroatoms. The minimum atomic E-state index is -0.862. The van der Waals surface area contributed by atoms with Crippen molar-refractivity contribution in [2.45, 2.75) is 64.7 Å². The number of imide groups is 1. The number of rotatable bonds is 10. The number of carbonyl (C=O) groups is 4. The summed E-state index contributed by atoms with van der Waals surface area (Å²) < 4.78 is 12.2. The second-order valence-corrected chi connectivity index (χ2v) is 13.8. The van der Waals surface area contributed by atoms with Crippen molar-refractivity contribution in [1.82, 2.24) is 15.2 Å². The SMILES string of the molecule is CCC/C=C1\OC(=O)C2=C1CC[C@H]1[C@@H]3CC[C@@]4(C(=C3[C@H](CN3C(=O)C=CC3=O)c3ccnc(N)c3)C(=O)O/C4=C\C[C@H](C)CNC)[C@@H]21. The molecule has 1 aromatic rings. The number of amides is 2. The minimum absolute atomic E-state index is 0.0387. The van der Waals surface area contributed by atoms with Gasteiger partial charge in [0.25, 0.3) is 11.8 Å². The molecule has 1 saturated carbocycles. The number of esters is 2. The number of fused-ring (bicyclic) bond motifs is 1. The maximum Gasteiger partial charge on any atom is 0.340 e. The van der Waals surface area contributed by atoms with Crippen molar-refractivity contribution in [2.75, 3.05) is 25.9 Å². The van der Waals surface area contributed by atoms with Gasteiger partial charge >= 0.3 is 11.9 Å². The highest BCUT2D eigenvalue weighted by Crippen LogP contribution is 2.71. The van der Waals surface area contributed by atoms with E-state index in [4.69, 9.17) is 15.2 Å². The third-order valence-corrected chi connectivity index (χ3v) is 11.1. The summed E-state index contributed by atoms with van der Waals surface area (Å²) in [5.41, 5.74) is 9.22. The third kappa shape index (κ3) is 4.91. The molecule has 1 saturated heterocycles. The van der Waals surface area contributed by atoms with Crippen LogP contribution in [-0.2, 0) is 28.7 Å². The third-order valence-electron chi connectivity index (χ3n) is 11.1. The van der Waals surface area contributed by atoms with E-state index in [9.17, 15) is 19.2 Å². The van der Waals surface area contributed by atoms with Crippen LogP contribution in [0.4, 0.5) is 5.82 Å². The van der Waals surface area contributed by atoms with Crippen LogP contribution in [0.2, 0.25) is 0 Å². The normalized spacial score (nSPS) is 30.7. The number of hydrogen-bond donors (Lipinski definition) is 2. The number of pyridine rings is 1. The zero-order valence-corrected chi connectivity index (χ0v) is 27.2. The molecule has 2 fully saturated rings.